The Kier molecular flexibility index (Phi) is 4.73. The molecule has 0 unspecified atom stereocenters. The van der Waals surface area contributed by atoms with Crippen molar-refractivity contribution >= 4 is 11.9 Å². The van der Waals surface area contributed by atoms with E-state index in [-0.39, 0.29) is 17.9 Å². The molecule has 1 aromatic rings. The molecule has 2 aliphatic rings. The van der Waals surface area contributed by atoms with Crippen LogP contribution in [-0.2, 0) is 4.79 Å². The SMILES string of the molecule is Cc1nc(C)n([C@@H]2CCCN(C(=O)[C@H]3CCCN(C(N)=O)C3)C2)n1. The highest BCUT2D eigenvalue weighted by Gasteiger charge is 2.33. The van der Waals surface area contributed by atoms with Crippen molar-refractivity contribution in [1.82, 2.24) is 24.6 Å². The quantitative estimate of drug-likeness (QED) is 0.867. The van der Waals surface area contributed by atoms with Crippen LogP contribution in [0.15, 0.2) is 0 Å². The summed E-state index contributed by atoms with van der Waals surface area (Å²) < 4.78 is 1.95. The molecule has 132 valence electrons. The van der Waals surface area contributed by atoms with E-state index in [4.69, 9.17) is 5.73 Å². The van der Waals surface area contributed by atoms with E-state index in [0.717, 1.165) is 43.9 Å². The van der Waals surface area contributed by atoms with Crippen LogP contribution in [0, 0.1) is 19.8 Å². The second kappa shape index (κ2) is 6.78. The summed E-state index contributed by atoms with van der Waals surface area (Å²) in [4.78, 5) is 32.1. The summed E-state index contributed by atoms with van der Waals surface area (Å²) in [7, 11) is 0. The molecule has 0 radical (unpaired) electrons. The number of primary amides is 1. The Labute approximate surface area is 142 Å². The van der Waals surface area contributed by atoms with Crippen LogP contribution in [0.25, 0.3) is 0 Å². The lowest BCUT2D eigenvalue weighted by molar-refractivity contribution is -0.138. The number of rotatable bonds is 2. The van der Waals surface area contributed by atoms with Gasteiger partial charge in [-0.15, -0.1) is 0 Å². The van der Waals surface area contributed by atoms with Gasteiger partial charge in [-0.1, -0.05) is 0 Å². The Bertz CT molecular complexity index is 628. The summed E-state index contributed by atoms with van der Waals surface area (Å²) >= 11 is 0. The van der Waals surface area contributed by atoms with Gasteiger partial charge in [0.25, 0.3) is 0 Å². The maximum atomic E-state index is 12.9. The van der Waals surface area contributed by atoms with E-state index in [1.54, 1.807) is 4.90 Å². The van der Waals surface area contributed by atoms with Gasteiger partial charge in [0.05, 0.1) is 12.0 Å². The maximum Gasteiger partial charge on any atom is 0.314 e. The third kappa shape index (κ3) is 3.37. The van der Waals surface area contributed by atoms with Crippen molar-refractivity contribution in [3.63, 3.8) is 0 Å². The third-order valence-corrected chi connectivity index (χ3v) is 5.04. The molecular formula is C16H26N6O2. The van der Waals surface area contributed by atoms with Crippen LogP contribution in [0.2, 0.25) is 0 Å². The predicted molar refractivity (Wildman–Crippen MR) is 88.2 cm³/mol. The molecule has 0 saturated carbocycles. The lowest BCUT2D eigenvalue weighted by Gasteiger charge is -2.38. The molecule has 2 N–H and O–H groups in total. The minimum Gasteiger partial charge on any atom is -0.351 e. The molecule has 8 heteroatoms. The zero-order chi connectivity index (χ0) is 17.3. The highest BCUT2D eigenvalue weighted by atomic mass is 16.2. The smallest absolute Gasteiger partial charge is 0.314 e. The number of urea groups is 1. The van der Waals surface area contributed by atoms with Gasteiger partial charge >= 0.3 is 6.03 Å². The lowest BCUT2D eigenvalue weighted by atomic mass is 9.95. The lowest BCUT2D eigenvalue weighted by Crippen LogP contribution is -2.50. The number of likely N-dealkylation sites (tertiary alicyclic amines) is 2. The monoisotopic (exact) mass is 334 g/mol. The molecule has 0 aliphatic carbocycles. The van der Waals surface area contributed by atoms with Crippen LogP contribution < -0.4 is 5.73 Å². The van der Waals surface area contributed by atoms with Gasteiger partial charge < -0.3 is 15.5 Å². The number of amides is 3. The zero-order valence-corrected chi connectivity index (χ0v) is 14.4. The standard InChI is InChI=1S/C16H26N6O2/c1-11-18-12(2)22(19-11)14-6-4-7-20(10-14)15(23)13-5-3-8-21(9-13)16(17)24/h13-14H,3-10H2,1-2H3,(H2,17,24)/t13-,14+/m0/s1. The fourth-order valence-corrected chi connectivity index (χ4v) is 3.87. The molecule has 3 amide bonds. The topological polar surface area (TPSA) is 97.4 Å². The average molecular weight is 334 g/mol. The largest absolute Gasteiger partial charge is 0.351 e. The minimum atomic E-state index is -0.433. The summed E-state index contributed by atoms with van der Waals surface area (Å²) in [6.07, 6.45) is 3.62. The van der Waals surface area contributed by atoms with Gasteiger partial charge in [0.2, 0.25) is 5.91 Å². The van der Waals surface area contributed by atoms with Crippen LogP contribution >= 0.6 is 0 Å². The van der Waals surface area contributed by atoms with Crippen LogP contribution in [-0.4, -0.2) is 62.7 Å². The number of nitrogens with two attached hydrogens (primary N) is 1. The summed E-state index contributed by atoms with van der Waals surface area (Å²) in [5, 5.41) is 4.47. The Hall–Kier alpha value is -2.12. The van der Waals surface area contributed by atoms with E-state index in [2.05, 4.69) is 10.1 Å². The van der Waals surface area contributed by atoms with Crippen LogP contribution in [0.5, 0.6) is 0 Å². The Morgan fingerprint density at radius 2 is 1.79 bits per heavy atom. The molecule has 1 aromatic heterocycles. The van der Waals surface area contributed by atoms with E-state index in [9.17, 15) is 9.59 Å². The van der Waals surface area contributed by atoms with E-state index in [0.29, 0.717) is 19.6 Å². The number of hydrogen-bond acceptors (Lipinski definition) is 4. The number of carbonyl (C=O) groups is 2. The summed E-state index contributed by atoms with van der Waals surface area (Å²) in [6.45, 7) is 6.36. The van der Waals surface area contributed by atoms with Crippen LogP contribution in [0.1, 0.15) is 43.4 Å². The van der Waals surface area contributed by atoms with Gasteiger partial charge in [-0.05, 0) is 39.5 Å². The van der Waals surface area contributed by atoms with Crippen molar-refractivity contribution in [1.29, 1.82) is 0 Å². The molecule has 3 rings (SSSR count). The van der Waals surface area contributed by atoms with Crippen molar-refractivity contribution in [3.05, 3.63) is 11.6 Å². The van der Waals surface area contributed by atoms with Crippen molar-refractivity contribution < 1.29 is 9.59 Å². The number of aromatic nitrogens is 3. The molecule has 0 bridgehead atoms. The fraction of sp³-hybridized carbons (Fsp3) is 0.750. The van der Waals surface area contributed by atoms with Gasteiger partial charge in [-0.2, -0.15) is 5.10 Å². The molecule has 2 aliphatic heterocycles. The summed E-state index contributed by atoms with van der Waals surface area (Å²) in [6, 6.07) is -0.252. The zero-order valence-electron chi connectivity index (χ0n) is 14.4. The van der Waals surface area contributed by atoms with E-state index in [1.165, 1.54) is 0 Å². The van der Waals surface area contributed by atoms with Crippen molar-refractivity contribution in [2.45, 2.75) is 45.6 Å². The molecule has 24 heavy (non-hydrogen) atoms. The summed E-state index contributed by atoms with van der Waals surface area (Å²) in [5.74, 6) is 1.66. The molecular weight excluding hydrogens is 308 g/mol. The second-order valence-electron chi connectivity index (χ2n) is 6.85. The third-order valence-electron chi connectivity index (χ3n) is 5.04. The molecule has 0 aromatic carbocycles. The molecule has 0 spiro atoms. The van der Waals surface area contributed by atoms with Gasteiger partial charge in [0.15, 0.2) is 0 Å². The molecule has 2 fully saturated rings. The number of nitrogens with zero attached hydrogens (tertiary/aromatic N) is 5. The number of aryl methyl sites for hydroxylation is 2. The van der Waals surface area contributed by atoms with Gasteiger partial charge in [-0.25, -0.2) is 14.5 Å². The first-order chi connectivity index (χ1) is 11.5. The Balaban J connectivity index is 1.67. The Morgan fingerprint density at radius 1 is 1.08 bits per heavy atom. The molecule has 8 nitrogen and oxygen atoms in total. The highest BCUT2D eigenvalue weighted by molar-refractivity contribution is 5.80. The maximum absolute atomic E-state index is 12.9. The minimum absolute atomic E-state index is 0.136. The molecule has 2 saturated heterocycles. The van der Waals surface area contributed by atoms with Gasteiger partial charge in [0, 0.05) is 26.2 Å². The van der Waals surface area contributed by atoms with Crippen molar-refractivity contribution in [2.75, 3.05) is 26.2 Å². The van der Waals surface area contributed by atoms with Crippen molar-refractivity contribution in [2.24, 2.45) is 11.7 Å². The average Bonchev–Trinajstić information content (AvgIpc) is 2.93. The summed E-state index contributed by atoms with van der Waals surface area (Å²) in [5.41, 5.74) is 5.37. The first-order valence-corrected chi connectivity index (χ1v) is 8.68. The molecule has 3 heterocycles. The van der Waals surface area contributed by atoms with Crippen molar-refractivity contribution in [3.8, 4) is 0 Å². The van der Waals surface area contributed by atoms with Gasteiger partial charge in [-0.3, -0.25) is 4.79 Å². The number of piperidine rings is 2. The number of hydrogen-bond donors (Lipinski definition) is 1. The van der Waals surface area contributed by atoms with E-state index < -0.39 is 6.03 Å². The van der Waals surface area contributed by atoms with E-state index in [1.807, 2.05) is 23.4 Å². The molecule has 2 atom stereocenters. The fourth-order valence-electron chi connectivity index (χ4n) is 3.87. The first kappa shape index (κ1) is 16.7. The number of carbonyl (C=O) groups excluding carboxylic acids is 2. The van der Waals surface area contributed by atoms with Crippen LogP contribution in [0.4, 0.5) is 4.79 Å². The van der Waals surface area contributed by atoms with E-state index >= 15 is 0 Å². The second-order valence-corrected chi connectivity index (χ2v) is 6.85. The first-order valence-electron chi connectivity index (χ1n) is 8.68. The Morgan fingerprint density at radius 3 is 2.46 bits per heavy atom. The van der Waals surface area contributed by atoms with Gasteiger partial charge in [0.1, 0.15) is 11.6 Å². The predicted octanol–water partition coefficient (Wildman–Crippen LogP) is 0.849. The van der Waals surface area contributed by atoms with Crippen LogP contribution in [0.3, 0.4) is 0 Å². The normalized spacial score (nSPS) is 24.9. The highest BCUT2D eigenvalue weighted by Crippen LogP contribution is 2.25.